The van der Waals surface area contributed by atoms with E-state index in [0.717, 1.165) is 0 Å². The van der Waals surface area contributed by atoms with Crippen LogP contribution in [0.3, 0.4) is 0 Å². The predicted molar refractivity (Wildman–Crippen MR) is 92.8 cm³/mol. The van der Waals surface area contributed by atoms with Crippen molar-refractivity contribution in [2.45, 2.75) is 44.9 Å². The zero-order valence-electron chi connectivity index (χ0n) is 15.1. The van der Waals surface area contributed by atoms with E-state index in [9.17, 15) is 24.6 Å². The molecule has 0 unspecified atom stereocenters. The van der Waals surface area contributed by atoms with Gasteiger partial charge in [0, 0.05) is 12.0 Å². The average Bonchev–Trinajstić information content (AvgIpc) is 2.93. The second kappa shape index (κ2) is 7.74. The number of ketones is 1. The van der Waals surface area contributed by atoms with E-state index in [2.05, 4.69) is 5.32 Å². The van der Waals surface area contributed by atoms with Crippen LogP contribution >= 0.6 is 0 Å². The third-order valence-electron chi connectivity index (χ3n) is 3.82. The topological polar surface area (TPSA) is 116 Å². The van der Waals surface area contributed by atoms with Gasteiger partial charge in [-0.1, -0.05) is 0 Å². The predicted octanol–water partition coefficient (Wildman–Crippen LogP) is 1.06. The summed E-state index contributed by atoms with van der Waals surface area (Å²) >= 11 is 0. The number of phenolic OH excluding ortho intramolecular Hbond substituents is 1. The fourth-order valence-corrected chi connectivity index (χ4v) is 2.62. The number of β-amino-alcohol motifs (C(OH)–C–C–N with tert-alkyl or cyclic N) is 1. The van der Waals surface area contributed by atoms with Gasteiger partial charge < -0.3 is 20.3 Å². The van der Waals surface area contributed by atoms with Crippen LogP contribution in [0.25, 0.3) is 0 Å². The lowest BCUT2D eigenvalue weighted by atomic mass is 10.1. The molecule has 1 aliphatic rings. The maximum absolute atomic E-state index is 12.4. The monoisotopic (exact) mass is 364 g/mol. The highest BCUT2D eigenvalue weighted by molar-refractivity contribution is 6.00. The number of ether oxygens (including phenoxy) is 1. The van der Waals surface area contributed by atoms with Gasteiger partial charge in [0.1, 0.15) is 17.4 Å². The van der Waals surface area contributed by atoms with Crippen LogP contribution in [0.15, 0.2) is 24.3 Å². The zero-order valence-corrected chi connectivity index (χ0v) is 15.1. The summed E-state index contributed by atoms with van der Waals surface area (Å²) in [5, 5.41) is 21.6. The summed E-state index contributed by atoms with van der Waals surface area (Å²) < 4.78 is 5.26. The van der Waals surface area contributed by atoms with Crippen LogP contribution in [0.1, 0.15) is 37.6 Å². The average molecular weight is 364 g/mol. The number of hydrogen-bond donors (Lipinski definition) is 3. The molecule has 0 saturated carbocycles. The number of likely N-dealkylation sites (tertiary alicyclic amines) is 1. The molecule has 142 valence electrons. The minimum Gasteiger partial charge on any atom is -0.508 e. The summed E-state index contributed by atoms with van der Waals surface area (Å²) in [5.41, 5.74) is -0.376. The lowest BCUT2D eigenvalue weighted by Crippen LogP contribution is -2.48. The number of carbonyl (C=O) groups is 3. The van der Waals surface area contributed by atoms with Crippen molar-refractivity contribution in [2.24, 2.45) is 0 Å². The van der Waals surface area contributed by atoms with Gasteiger partial charge in [-0.3, -0.25) is 14.5 Å². The summed E-state index contributed by atoms with van der Waals surface area (Å²) in [5.74, 6) is -0.821. The maximum atomic E-state index is 12.4. The van der Waals surface area contributed by atoms with Crippen molar-refractivity contribution in [3.05, 3.63) is 29.8 Å². The van der Waals surface area contributed by atoms with Gasteiger partial charge in [0.2, 0.25) is 5.91 Å². The maximum Gasteiger partial charge on any atom is 0.411 e. The smallest absolute Gasteiger partial charge is 0.411 e. The van der Waals surface area contributed by atoms with Gasteiger partial charge in [0.05, 0.1) is 19.2 Å². The van der Waals surface area contributed by atoms with E-state index < -0.39 is 29.7 Å². The first-order valence-electron chi connectivity index (χ1n) is 8.34. The first-order chi connectivity index (χ1) is 12.1. The molecule has 1 aromatic rings. The molecule has 0 spiro atoms. The number of nitrogens with zero attached hydrogens (tertiary/aromatic N) is 1. The molecule has 0 radical (unpaired) electrons. The standard InChI is InChI=1S/C18H24N2O6/c1-18(2,3)26-17(25)20-10-13(22)8-14(20)16(24)19-9-15(23)11-4-6-12(21)7-5-11/h4-7,13-14,21-22H,8-10H2,1-3H3,(H,19,24)/t13-,14+/m1/s1. The number of rotatable bonds is 4. The lowest BCUT2D eigenvalue weighted by molar-refractivity contribution is -0.125. The van der Waals surface area contributed by atoms with Gasteiger partial charge in [-0.25, -0.2) is 4.79 Å². The van der Waals surface area contributed by atoms with Crippen LogP contribution in [0.2, 0.25) is 0 Å². The molecular formula is C18H24N2O6. The van der Waals surface area contributed by atoms with Gasteiger partial charge in [0.15, 0.2) is 5.78 Å². The van der Waals surface area contributed by atoms with Crippen LogP contribution in [-0.4, -0.2) is 63.7 Å². The highest BCUT2D eigenvalue weighted by Gasteiger charge is 2.40. The largest absolute Gasteiger partial charge is 0.508 e. The number of amides is 2. The van der Waals surface area contributed by atoms with E-state index in [4.69, 9.17) is 4.74 Å². The number of Topliss-reactive ketones (excluding diaryl/α,β-unsaturated/α-hetero) is 1. The minimum absolute atomic E-state index is 0.00108. The number of aliphatic hydroxyl groups excluding tert-OH is 1. The van der Waals surface area contributed by atoms with Gasteiger partial charge in [-0.15, -0.1) is 0 Å². The molecule has 8 nitrogen and oxygen atoms in total. The second-order valence-corrected chi connectivity index (χ2v) is 7.23. The highest BCUT2D eigenvalue weighted by atomic mass is 16.6. The SMILES string of the molecule is CC(C)(C)OC(=O)N1C[C@H](O)C[C@H]1C(=O)NCC(=O)c1ccc(O)cc1. The van der Waals surface area contributed by atoms with E-state index in [-0.39, 0.29) is 31.0 Å². The van der Waals surface area contributed by atoms with Crippen molar-refractivity contribution in [1.29, 1.82) is 0 Å². The molecular weight excluding hydrogens is 340 g/mol. The van der Waals surface area contributed by atoms with Gasteiger partial charge in [0.25, 0.3) is 0 Å². The molecule has 26 heavy (non-hydrogen) atoms. The second-order valence-electron chi connectivity index (χ2n) is 7.23. The molecule has 1 saturated heterocycles. The molecule has 2 amide bonds. The zero-order chi connectivity index (χ0) is 19.5. The Morgan fingerprint density at radius 1 is 1.23 bits per heavy atom. The Bertz CT molecular complexity index is 680. The van der Waals surface area contributed by atoms with Gasteiger partial charge >= 0.3 is 6.09 Å². The Morgan fingerprint density at radius 3 is 2.42 bits per heavy atom. The van der Waals surface area contributed by atoms with Crippen molar-refractivity contribution < 1.29 is 29.3 Å². The summed E-state index contributed by atoms with van der Waals surface area (Å²) in [6.07, 6.45) is -1.43. The van der Waals surface area contributed by atoms with E-state index >= 15 is 0 Å². The fraction of sp³-hybridized carbons (Fsp3) is 0.500. The van der Waals surface area contributed by atoms with Gasteiger partial charge in [-0.05, 0) is 45.0 Å². The minimum atomic E-state index is -0.896. The third-order valence-corrected chi connectivity index (χ3v) is 3.82. The molecule has 1 heterocycles. The molecule has 8 heteroatoms. The normalized spacial score (nSPS) is 19.9. The van der Waals surface area contributed by atoms with Crippen LogP contribution in [0.4, 0.5) is 4.79 Å². The summed E-state index contributed by atoms with van der Waals surface area (Å²) in [7, 11) is 0. The summed E-state index contributed by atoms with van der Waals surface area (Å²) in [4.78, 5) is 37.9. The van der Waals surface area contributed by atoms with E-state index in [0.29, 0.717) is 5.56 Å². The number of aliphatic hydroxyl groups is 1. The Labute approximate surface area is 151 Å². The van der Waals surface area contributed by atoms with E-state index in [1.807, 2.05) is 0 Å². The molecule has 0 bridgehead atoms. The fourth-order valence-electron chi connectivity index (χ4n) is 2.62. The number of aromatic hydroxyl groups is 1. The molecule has 1 fully saturated rings. The number of carbonyl (C=O) groups excluding carboxylic acids is 3. The third kappa shape index (κ3) is 5.19. The van der Waals surface area contributed by atoms with Crippen molar-refractivity contribution in [2.75, 3.05) is 13.1 Å². The molecule has 0 aliphatic carbocycles. The first kappa shape index (κ1) is 19.7. The van der Waals surface area contributed by atoms with E-state index in [1.165, 1.54) is 29.2 Å². The number of benzene rings is 1. The molecule has 2 atom stereocenters. The van der Waals surface area contributed by atoms with Crippen LogP contribution in [0, 0.1) is 0 Å². The van der Waals surface area contributed by atoms with Crippen molar-refractivity contribution in [3.8, 4) is 5.75 Å². The number of nitrogens with one attached hydrogen (secondary N) is 1. The molecule has 1 aromatic carbocycles. The molecule has 1 aliphatic heterocycles. The quantitative estimate of drug-likeness (QED) is 0.688. The highest BCUT2D eigenvalue weighted by Crippen LogP contribution is 2.21. The molecule has 0 aromatic heterocycles. The first-order valence-corrected chi connectivity index (χ1v) is 8.34. The Kier molecular flexibility index (Phi) is 5.86. The van der Waals surface area contributed by atoms with Crippen molar-refractivity contribution in [1.82, 2.24) is 10.2 Å². The van der Waals surface area contributed by atoms with Gasteiger partial charge in [-0.2, -0.15) is 0 Å². The Morgan fingerprint density at radius 2 is 1.85 bits per heavy atom. The Hall–Kier alpha value is -2.61. The van der Waals surface area contributed by atoms with Crippen LogP contribution in [-0.2, 0) is 9.53 Å². The molecule has 2 rings (SSSR count). The van der Waals surface area contributed by atoms with Crippen LogP contribution < -0.4 is 5.32 Å². The molecule has 3 N–H and O–H groups in total. The summed E-state index contributed by atoms with van der Waals surface area (Å²) in [6, 6.07) is 4.78. The summed E-state index contributed by atoms with van der Waals surface area (Å²) in [6.45, 7) is 4.88. The number of phenols is 1. The van der Waals surface area contributed by atoms with Crippen LogP contribution in [0.5, 0.6) is 5.75 Å². The lowest BCUT2D eigenvalue weighted by Gasteiger charge is -2.27. The van der Waals surface area contributed by atoms with E-state index in [1.54, 1.807) is 20.8 Å². The van der Waals surface area contributed by atoms with Crippen molar-refractivity contribution in [3.63, 3.8) is 0 Å². The van der Waals surface area contributed by atoms with Crippen molar-refractivity contribution >= 4 is 17.8 Å². The Balaban J connectivity index is 1.97. The number of hydrogen-bond acceptors (Lipinski definition) is 6.